The SMILES string of the molecule is Cn1c(C(=O)O)cc2ccc(Cl)c(Cl)c21. The predicted octanol–water partition coefficient (Wildman–Crippen LogP) is 3.18. The molecule has 1 aromatic carbocycles. The monoisotopic (exact) mass is 243 g/mol. The molecule has 0 aliphatic carbocycles. The molecular weight excluding hydrogens is 237 g/mol. The summed E-state index contributed by atoms with van der Waals surface area (Å²) in [4.78, 5) is 10.9. The van der Waals surface area contributed by atoms with E-state index in [9.17, 15) is 4.79 Å². The van der Waals surface area contributed by atoms with Crippen LogP contribution in [0, 0.1) is 0 Å². The first kappa shape index (κ1) is 10.3. The third kappa shape index (κ3) is 1.48. The van der Waals surface area contributed by atoms with Crippen molar-refractivity contribution in [3.63, 3.8) is 0 Å². The van der Waals surface area contributed by atoms with Gasteiger partial charge >= 0.3 is 5.97 Å². The number of aromatic carboxylic acids is 1. The fourth-order valence-corrected chi connectivity index (χ4v) is 2.03. The van der Waals surface area contributed by atoms with Crippen LogP contribution in [0.15, 0.2) is 18.2 Å². The molecule has 0 aliphatic rings. The second kappa shape index (κ2) is 3.43. The first-order chi connectivity index (χ1) is 7.02. The topological polar surface area (TPSA) is 42.2 Å². The number of aromatic nitrogens is 1. The van der Waals surface area contributed by atoms with Crippen LogP contribution in [-0.4, -0.2) is 15.6 Å². The van der Waals surface area contributed by atoms with Crippen molar-refractivity contribution in [2.45, 2.75) is 0 Å². The summed E-state index contributed by atoms with van der Waals surface area (Å²) < 4.78 is 1.52. The Balaban J connectivity index is 2.89. The Bertz CT molecular complexity index is 560. The lowest BCUT2D eigenvalue weighted by atomic mass is 10.2. The minimum Gasteiger partial charge on any atom is -0.477 e. The third-order valence-electron chi connectivity index (χ3n) is 2.31. The molecule has 0 amide bonds. The van der Waals surface area contributed by atoms with Gasteiger partial charge < -0.3 is 9.67 Å². The first-order valence-corrected chi connectivity index (χ1v) is 4.94. The molecule has 0 atom stereocenters. The van der Waals surface area contributed by atoms with Crippen molar-refractivity contribution >= 4 is 40.1 Å². The van der Waals surface area contributed by atoms with E-state index in [0.717, 1.165) is 5.39 Å². The minimum absolute atomic E-state index is 0.189. The molecule has 0 fully saturated rings. The maximum absolute atomic E-state index is 10.9. The van der Waals surface area contributed by atoms with E-state index < -0.39 is 5.97 Å². The van der Waals surface area contributed by atoms with Crippen LogP contribution in [-0.2, 0) is 7.05 Å². The van der Waals surface area contributed by atoms with Gasteiger partial charge in [-0.2, -0.15) is 0 Å². The molecule has 78 valence electrons. The highest BCUT2D eigenvalue weighted by Gasteiger charge is 2.15. The molecule has 0 spiro atoms. The molecule has 2 aromatic rings. The normalized spacial score (nSPS) is 10.9. The van der Waals surface area contributed by atoms with Gasteiger partial charge in [-0.15, -0.1) is 0 Å². The van der Waals surface area contributed by atoms with Gasteiger partial charge in [0.2, 0.25) is 0 Å². The van der Waals surface area contributed by atoms with Gasteiger partial charge in [-0.05, 0) is 12.1 Å². The standard InChI is InChI=1S/C10H7Cl2NO2/c1-13-7(10(14)15)4-5-2-3-6(11)8(12)9(5)13/h2-4H,1H3,(H,14,15). The van der Waals surface area contributed by atoms with E-state index in [2.05, 4.69) is 0 Å². The van der Waals surface area contributed by atoms with Crippen molar-refractivity contribution < 1.29 is 9.90 Å². The number of carbonyl (C=O) groups is 1. The Hall–Kier alpha value is -1.19. The Labute approximate surface area is 95.8 Å². The zero-order valence-electron chi connectivity index (χ0n) is 7.79. The minimum atomic E-state index is -0.985. The number of aryl methyl sites for hydroxylation is 1. The number of rotatable bonds is 1. The van der Waals surface area contributed by atoms with E-state index in [1.165, 1.54) is 4.57 Å². The summed E-state index contributed by atoms with van der Waals surface area (Å²) in [5, 5.41) is 10.5. The number of halogens is 2. The summed E-state index contributed by atoms with van der Waals surface area (Å²) in [5.41, 5.74) is 0.829. The lowest BCUT2D eigenvalue weighted by Crippen LogP contribution is -2.03. The molecule has 0 radical (unpaired) electrons. The van der Waals surface area contributed by atoms with Crippen LogP contribution in [0.2, 0.25) is 10.0 Å². The fourth-order valence-electron chi connectivity index (χ4n) is 1.58. The molecule has 1 heterocycles. The van der Waals surface area contributed by atoms with E-state index in [1.807, 2.05) is 0 Å². The number of benzene rings is 1. The number of nitrogens with zero attached hydrogens (tertiary/aromatic N) is 1. The number of hydrogen-bond donors (Lipinski definition) is 1. The van der Waals surface area contributed by atoms with Crippen LogP contribution in [0.1, 0.15) is 10.5 Å². The van der Waals surface area contributed by atoms with Crippen molar-refractivity contribution in [1.82, 2.24) is 4.57 Å². The number of carboxylic acids is 1. The van der Waals surface area contributed by atoms with Gasteiger partial charge in [0, 0.05) is 12.4 Å². The van der Waals surface area contributed by atoms with Crippen LogP contribution in [0.5, 0.6) is 0 Å². The van der Waals surface area contributed by atoms with Crippen molar-refractivity contribution in [3.8, 4) is 0 Å². The molecule has 3 nitrogen and oxygen atoms in total. The van der Waals surface area contributed by atoms with Gasteiger partial charge in [-0.1, -0.05) is 29.3 Å². The van der Waals surface area contributed by atoms with Crippen LogP contribution < -0.4 is 0 Å². The van der Waals surface area contributed by atoms with E-state index in [4.69, 9.17) is 28.3 Å². The van der Waals surface area contributed by atoms with E-state index in [-0.39, 0.29) is 5.69 Å². The van der Waals surface area contributed by atoms with Crippen LogP contribution >= 0.6 is 23.2 Å². The quantitative estimate of drug-likeness (QED) is 0.836. The summed E-state index contributed by atoms with van der Waals surface area (Å²) >= 11 is 11.9. The fraction of sp³-hybridized carbons (Fsp3) is 0.100. The summed E-state index contributed by atoms with van der Waals surface area (Å²) in [6.45, 7) is 0. The average molecular weight is 244 g/mol. The van der Waals surface area contributed by atoms with Gasteiger partial charge in [0.25, 0.3) is 0 Å². The van der Waals surface area contributed by atoms with Crippen molar-refractivity contribution in [2.75, 3.05) is 0 Å². The predicted molar refractivity (Wildman–Crippen MR) is 59.9 cm³/mol. The third-order valence-corrected chi connectivity index (χ3v) is 3.10. The van der Waals surface area contributed by atoms with Gasteiger partial charge in [0.05, 0.1) is 15.6 Å². The first-order valence-electron chi connectivity index (χ1n) is 4.19. The summed E-state index contributed by atoms with van der Waals surface area (Å²) in [7, 11) is 1.65. The van der Waals surface area contributed by atoms with E-state index >= 15 is 0 Å². The highest BCUT2D eigenvalue weighted by Crippen LogP contribution is 2.32. The van der Waals surface area contributed by atoms with Crippen molar-refractivity contribution in [2.24, 2.45) is 7.05 Å². The molecule has 0 bridgehead atoms. The second-order valence-electron chi connectivity index (χ2n) is 3.19. The Morgan fingerprint density at radius 2 is 2.07 bits per heavy atom. The Kier molecular flexibility index (Phi) is 2.37. The van der Waals surface area contributed by atoms with E-state index in [0.29, 0.717) is 15.6 Å². The largest absolute Gasteiger partial charge is 0.477 e. The number of fused-ring (bicyclic) bond motifs is 1. The molecule has 0 aliphatic heterocycles. The van der Waals surface area contributed by atoms with Crippen LogP contribution in [0.25, 0.3) is 10.9 Å². The molecule has 2 rings (SSSR count). The summed E-state index contributed by atoms with van der Waals surface area (Å²) in [5.74, 6) is -0.985. The highest BCUT2D eigenvalue weighted by molar-refractivity contribution is 6.45. The van der Waals surface area contributed by atoms with Crippen LogP contribution in [0.3, 0.4) is 0 Å². The zero-order chi connectivity index (χ0) is 11.2. The molecule has 1 aromatic heterocycles. The van der Waals surface area contributed by atoms with Gasteiger partial charge in [0.15, 0.2) is 0 Å². The molecule has 0 saturated carbocycles. The van der Waals surface area contributed by atoms with Gasteiger partial charge in [0.1, 0.15) is 5.69 Å². The lowest BCUT2D eigenvalue weighted by Gasteiger charge is -2.02. The average Bonchev–Trinajstić information content (AvgIpc) is 2.50. The Morgan fingerprint density at radius 1 is 1.40 bits per heavy atom. The molecular formula is C10H7Cl2NO2. The summed E-state index contributed by atoms with van der Waals surface area (Å²) in [6.07, 6.45) is 0. The van der Waals surface area contributed by atoms with Crippen LogP contribution in [0.4, 0.5) is 0 Å². The van der Waals surface area contributed by atoms with Crippen molar-refractivity contribution in [1.29, 1.82) is 0 Å². The second-order valence-corrected chi connectivity index (χ2v) is 3.98. The maximum Gasteiger partial charge on any atom is 0.352 e. The molecule has 1 N–H and O–H groups in total. The molecule has 0 saturated heterocycles. The van der Waals surface area contributed by atoms with Crippen molar-refractivity contribution in [3.05, 3.63) is 33.9 Å². The zero-order valence-corrected chi connectivity index (χ0v) is 9.30. The molecule has 0 unspecified atom stereocenters. The summed E-state index contributed by atoms with van der Waals surface area (Å²) in [6, 6.07) is 4.97. The number of carboxylic acid groups (broad SMARTS) is 1. The van der Waals surface area contributed by atoms with E-state index in [1.54, 1.807) is 25.2 Å². The maximum atomic E-state index is 10.9. The highest BCUT2D eigenvalue weighted by atomic mass is 35.5. The molecule has 15 heavy (non-hydrogen) atoms. The Morgan fingerprint density at radius 3 is 2.67 bits per heavy atom. The smallest absolute Gasteiger partial charge is 0.352 e. The van der Waals surface area contributed by atoms with Gasteiger partial charge in [-0.3, -0.25) is 0 Å². The molecule has 5 heteroatoms. The van der Waals surface area contributed by atoms with Gasteiger partial charge in [-0.25, -0.2) is 4.79 Å². The number of hydrogen-bond acceptors (Lipinski definition) is 1. The lowest BCUT2D eigenvalue weighted by molar-refractivity contribution is 0.0687.